The summed E-state index contributed by atoms with van der Waals surface area (Å²) in [6, 6.07) is 8.48. The molecule has 0 fully saturated rings. The molecule has 0 saturated carbocycles. The molecule has 0 bridgehead atoms. The van der Waals surface area contributed by atoms with Crippen LogP contribution >= 0.6 is 0 Å². The van der Waals surface area contributed by atoms with Gasteiger partial charge in [0.1, 0.15) is 23.4 Å². The third-order valence-corrected chi connectivity index (χ3v) is 2.30. The smallest absolute Gasteiger partial charge is 0.140 e. The molecule has 0 amide bonds. The van der Waals surface area contributed by atoms with Crippen molar-refractivity contribution in [1.29, 1.82) is 5.26 Å². The maximum Gasteiger partial charge on any atom is 0.140 e. The topological polar surface area (TPSA) is 48.7 Å². The Kier molecular flexibility index (Phi) is 3.49. The molecule has 90 valence electrons. The Labute approximate surface area is 103 Å². The van der Waals surface area contributed by atoms with E-state index in [1.165, 1.54) is 18.3 Å². The number of hydrogen-bond acceptors (Lipinski definition) is 3. The summed E-state index contributed by atoms with van der Waals surface area (Å²) in [6.45, 7) is 0.361. The van der Waals surface area contributed by atoms with E-state index >= 15 is 0 Å². The van der Waals surface area contributed by atoms with Crippen LogP contribution in [0.3, 0.4) is 0 Å². The summed E-state index contributed by atoms with van der Waals surface area (Å²) in [7, 11) is 0. The van der Waals surface area contributed by atoms with Gasteiger partial charge in [-0.25, -0.2) is 13.8 Å². The Balaban J connectivity index is 2.09. The largest absolute Gasteiger partial charge is 0.381 e. The highest BCUT2D eigenvalue weighted by molar-refractivity contribution is 5.44. The monoisotopic (exact) mass is 245 g/mol. The first-order chi connectivity index (χ1) is 8.67. The van der Waals surface area contributed by atoms with Gasteiger partial charge >= 0.3 is 0 Å². The molecule has 1 N–H and O–H groups in total. The summed E-state index contributed by atoms with van der Waals surface area (Å²) in [5.74, 6) is -1.27. The summed E-state index contributed by atoms with van der Waals surface area (Å²) in [5.41, 5.74) is 1.47. The van der Waals surface area contributed by atoms with E-state index < -0.39 is 11.6 Å². The number of nitriles is 1. The maximum absolute atomic E-state index is 12.9. The number of benzene rings is 1. The zero-order chi connectivity index (χ0) is 13.0. The average Bonchev–Trinajstić information content (AvgIpc) is 2.35. The number of hydrogen-bond donors (Lipinski definition) is 1. The lowest BCUT2D eigenvalue weighted by Crippen LogP contribution is -2.01. The molecule has 0 unspecified atom stereocenters. The van der Waals surface area contributed by atoms with Crippen LogP contribution < -0.4 is 5.32 Å². The zero-order valence-electron chi connectivity index (χ0n) is 9.32. The Hall–Kier alpha value is -2.48. The van der Waals surface area contributed by atoms with E-state index in [0.29, 0.717) is 17.9 Å². The van der Waals surface area contributed by atoms with Gasteiger partial charge in [0.05, 0.1) is 0 Å². The maximum atomic E-state index is 12.9. The molecule has 5 heteroatoms. The fourth-order valence-electron chi connectivity index (χ4n) is 1.51. The molecule has 0 aliphatic rings. The first-order valence-electron chi connectivity index (χ1n) is 5.22. The number of halogens is 2. The molecule has 0 aliphatic heterocycles. The van der Waals surface area contributed by atoms with E-state index in [2.05, 4.69) is 10.3 Å². The molecule has 0 atom stereocenters. The van der Waals surface area contributed by atoms with Crippen molar-refractivity contribution >= 4 is 5.69 Å². The van der Waals surface area contributed by atoms with E-state index in [1.807, 2.05) is 6.07 Å². The molecule has 1 heterocycles. The first-order valence-corrected chi connectivity index (χ1v) is 5.22. The van der Waals surface area contributed by atoms with Crippen LogP contribution in [0.15, 0.2) is 36.5 Å². The lowest BCUT2D eigenvalue weighted by molar-refractivity contribution is 0.584. The van der Waals surface area contributed by atoms with Crippen molar-refractivity contribution < 1.29 is 8.78 Å². The van der Waals surface area contributed by atoms with Gasteiger partial charge in [-0.1, -0.05) is 0 Å². The van der Waals surface area contributed by atoms with Crippen LogP contribution in [0.4, 0.5) is 14.5 Å². The Bertz CT molecular complexity index is 585. The van der Waals surface area contributed by atoms with Crippen LogP contribution in [0.2, 0.25) is 0 Å². The number of anilines is 1. The predicted octanol–water partition coefficient (Wildman–Crippen LogP) is 2.84. The van der Waals surface area contributed by atoms with Crippen molar-refractivity contribution in [3.05, 3.63) is 59.4 Å². The van der Waals surface area contributed by atoms with Crippen LogP contribution in [0.5, 0.6) is 0 Å². The van der Waals surface area contributed by atoms with Crippen LogP contribution in [0.25, 0.3) is 0 Å². The normalized spacial score (nSPS) is 9.83. The minimum Gasteiger partial charge on any atom is -0.381 e. The zero-order valence-corrected chi connectivity index (χ0v) is 9.32. The Morgan fingerprint density at radius 3 is 2.56 bits per heavy atom. The van der Waals surface area contributed by atoms with Crippen molar-refractivity contribution in [3.8, 4) is 6.07 Å². The Morgan fingerprint density at radius 1 is 1.17 bits per heavy atom. The van der Waals surface area contributed by atoms with Gasteiger partial charge < -0.3 is 5.32 Å². The van der Waals surface area contributed by atoms with Gasteiger partial charge in [0.25, 0.3) is 0 Å². The fraction of sp³-hybridized carbons (Fsp3) is 0.0769. The summed E-state index contributed by atoms with van der Waals surface area (Å²) in [5, 5.41) is 11.6. The van der Waals surface area contributed by atoms with Gasteiger partial charge in [-0.05, 0) is 29.8 Å². The molecule has 2 rings (SSSR count). The standard InChI is InChI=1S/C13H9F2N3/c14-10-4-11(15)6-12(5-10)18-8-9-1-2-17-13(3-9)7-16/h1-6,18H,8H2. The lowest BCUT2D eigenvalue weighted by atomic mass is 10.2. The highest BCUT2D eigenvalue weighted by atomic mass is 19.1. The van der Waals surface area contributed by atoms with Crippen molar-refractivity contribution in [3.63, 3.8) is 0 Å². The SMILES string of the molecule is N#Cc1cc(CNc2cc(F)cc(F)c2)ccn1. The molecule has 2 aromatic rings. The summed E-state index contributed by atoms with van der Waals surface area (Å²) in [6.07, 6.45) is 1.52. The molecule has 1 aromatic heterocycles. The van der Waals surface area contributed by atoms with Gasteiger partial charge in [-0.2, -0.15) is 5.26 Å². The highest BCUT2D eigenvalue weighted by Gasteiger charge is 2.01. The van der Waals surface area contributed by atoms with Crippen LogP contribution in [-0.4, -0.2) is 4.98 Å². The summed E-state index contributed by atoms with van der Waals surface area (Å²) >= 11 is 0. The molecule has 1 aromatic carbocycles. The summed E-state index contributed by atoms with van der Waals surface area (Å²) < 4.78 is 25.9. The van der Waals surface area contributed by atoms with Crippen LogP contribution in [-0.2, 0) is 6.54 Å². The molecular formula is C13H9F2N3. The highest BCUT2D eigenvalue weighted by Crippen LogP contribution is 2.14. The van der Waals surface area contributed by atoms with Crippen molar-refractivity contribution in [2.45, 2.75) is 6.54 Å². The van der Waals surface area contributed by atoms with E-state index in [4.69, 9.17) is 5.26 Å². The molecule has 3 nitrogen and oxygen atoms in total. The van der Waals surface area contributed by atoms with Gasteiger partial charge in [0.2, 0.25) is 0 Å². The predicted molar refractivity (Wildman–Crippen MR) is 62.6 cm³/mol. The number of aromatic nitrogens is 1. The quantitative estimate of drug-likeness (QED) is 0.904. The van der Waals surface area contributed by atoms with Crippen LogP contribution in [0, 0.1) is 23.0 Å². The molecular weight excluding hydrogens is 236 g/mol. The molecule has 0 spiro atoms. The van der Waals surface area contributed by atoms with E-state index in [1.54, 1.807) is 12.1 Å². The molecule has 0 aliphatic carbocycles. The molecule has 0 saturated heterocycles. The fourth-order valence-corrected chi connectivity index (χ4v) is 1.51. The van der Waals surface area contributed by atoms with Gasteiger partial charge in [-0.15, -0.1) is 0 Å². The number of rotatable bonds is 3. The number of nitrogens with one attached hydrogen (secondary N) is 1. The van der Waals surface area contributed by atoms with E-state index in [-0.39, 0.29) is 0 Å². The number of pyridine rings is 1. The van der Waals surface area contributed by atoms with E-state index in [0.717, 1.165) is 11.6 Å². The van der Waals surface area contributed by atoms with Crippen molar-refractivity contribution in [2.75, 3.05) is 5.32 Å². The minimum absolute atomic E-state index is 0.305. The molecule has 0 radical (unpaired) electrons. The van der Waals surface area contributed by atoms with Crippen molar-refractivity contribution in [2.24, 2.45) is 0 Å². The minimum atomic E-state index is -0.634. The lowest BCUT2D eigenvalue weighted by Gasteiger charge is -2.06. The number of nitrogens with zero attached hydrogens (tertiary/aromatic N) is 2. The average molecular weight is 245 g/mol. The van der Waals surface area contributed by atoms with Gasteiger partial charge in [-0.3, -0.25) is 0 Å². The first kappa shape index (κ1) is 12.0. The van der Waals surface area contributed by atoms with Gasteiger partial charge in [0, 0.05) is 24.5 Å². The Morgan fingerprint density at radius 2 is 1.89 bits per heavy atom. The second-order valence-corrected chi connectivity index (χ2v) is 3.67. The van der Waals surface area contributed by atoms with E-state index in [9.17, 15) is 8.78 Å². The van der Waals surface area contributed by atoms with Gasteiger partial charge in [0.15, 0.2) is 0 Å². The third kappa shape index (κ3) is 3.01. The van der Waals surface area contributed by atoms with Crippen molar-refractivity contribution in [1.82, 2.24) is 4.98 Å². The summed E-state index contributed by atoms with van der Waals surface area (Å²) in [4.78, 5) is 3.83. The second kappa shape index (κ2) is 5.23. The van der Waals surface area contributed by atoms with Crippen LogP contribution in [0.1, 0.15) is 11.3 Å². The third-order valence-electron chi connectivity index (χ3n) is 2.30. The second-order valence-electron chi connectivity index (χ2n) is 3.67. The molecule has 18 heavy (non-hydrogen) atoms.